The highest BCUT2D eigenvalue weighted by Gasteiger charge is 2.61. The highest BCUT2D eigenvalue weighted by Crippen LogP contribution is 2.65. The summed E-state index contributed by atoms with van der Waals surface area (Å²) in [5.74, 6) is 0.340. The molecule has 2 fully saturated rings. The van der Waals surface area contributed by atoms with E-state index in [-0.39, 0.29) is 12.0 Å². The van der Waals surface area contributed by atoms with Crippen LogP contribution in [0.3, 0.4) is 0 Å². The third-order valence-electron chi connectivity index (χ3n) is 5.23. The first-order chi connectivity index (χ1) is 7.38. The van der Waals surface area contributed by atoms with Crippen LogP contribution in [-0.2, 0) is 9.63 Å². The number of nitrogens with one attached hydrogen (secondary N) is 1. The molecule has 4 nitrogen and oxygen atoms in total. The maximum absolute atomic E-state index is 10.6. The average Bonchev–Trinajstić information content (AvgIpc) is 2.49. The van der Waals surface area contributed by atoms with Gasteiger partial charge < -0.3 is 5.73 Å². The van der Waals surface area contributed by atoms with E-state index in [1.54, 1.807) is 0 Å². The number of hydrogen-bond acceptors (Lipinski definition) is 3. The van der Waals surface area contributed by atoms with E-state index in [0.29, 0.717) is 11.5 Å². The molecule has 2 rings (SSSR count). The number of carbonyl (C=O) groups is 1. The van der Waals surface area contributed by atoms with Crippen molar-refractivity contribution in [2.24, 2.45) is 22.5 Å². The van der Waals surface area contributed by atoms with E-state index in [9.17, 15) is 4.79 Å². The SMILES string of the molecule is CC1(C)C2CCC1(C)C(NOCC(N)=O)C2. The van der Waals surface area contributed by atoms with Crippen molar-refractivity contribution in [3.63, 3.8) is 0 Å². The summed E-state index contributed by atoms with van der Waals surface area (Å²) in [6, 6.07) is 0.348. The molecule has 0 aromatic heterocycles. The van der Waals surface area contributed by atoms with Crippen LogP contribution >= 0.6 is 0 Å². The fraction of sp³-hybridized carbons (Fsp3) is 0.917. The van der Waals surface area contributed by atoms with Gasteiger partial charge in [-0.25, -0.2) is 0 Å². The number of rotatable bonds is 4. The number of carbonyl (C=O) groups excluding carboxylic acids is 1. The Bertz CT molecular complexity index is 303. The minimum atomic E-state index is -0.430. The molecule has 2 bridgehead atoms. The lowest BCUT2D eigenvalue weighted by atomic mass is 9.69. The summed E-state index contributed by atoms with van der Waals surface area (Å²) >= 11 is 0. The molecule has 2 saturated carbocycles. The van der Waals surface area contributed by atoms with Crippen LogP contribution in [0.1, 0.15) is 40.0 Å². The molecule has 4 heteroatoms. The Labute approximate surface area is 96.9 Å². The molecule has 92 valence electrons. The zero-order valence-electron chi connectivity index (χ0n) is 10.4. The maximum atomic E-state index is 10.6. The Balaban J connectivity index is 1.96. The second kappa shape index (κ2) is 3.70. The Kier molecular flexibility index (Phi) is 2.75. The van der Waals surface area contributed by atoms with E-state index in [1.807, 2.05) is 0 Å². The predicted octanol–water partition coefficient (Wildman–Crippen LogP) is 1.21. The van der Waals surface area contributed by atoms with Crippen LogP contribution in [0.2, 0.25) is 0 Å². The van der Waals surface area contributed by atoms with Gasteiger partial charge >= 0.3 is 0 Å². The number of fused-ring (bicyclic) bond motifs is 2. The summed E-state index contributed by atoms with van der Waals surface area (Å²) < 4.78 is 0. The van der Waals surface area contributed by atoms with Gasteiger partial charge in [-0.15, -0.1) is 0 Å². The number of hydroxylamine groups is 1. The summed E-state index contributed by atoms with van der Waals surface area (Å²) in [6.45, 7) is 6.98. The van der Waals surface area contributed by atoms with Gasteiger partial charge in [0.2, 0.25) is 5.91 Å². The fourth-order valence-electron chi connectivity index (χ4n) is 3.60. The van der Waals surface area contributed by atoms with Crippen molar-refractivity contribution in [1.29, 1.82) is 0 Å². The predicted molar refractivity (Wildman–Crippen MR) is 61.3 cm³/mol. The highest BCUT2D eigenvalue weighted by atomic mass is 16.6. The zero-order chi connectivity index (χ0) is 12.0. The lowest BCUT2D eigenvalue weighted by Crippen LogP contribution is -2.45. The molecule has 3 N–H and O–H groups in total. The standard InChI is InChI=1S/C12H22N2O2/c1-11(2)8-4-5-12(11,3)9(6-8)14-16-7-10(13)15/h8-9,14H,4-7H2,1-3H3,(H2,13,15). The molecule has 2 aliphatic carbocycles. The van der Waals surface area contributed by atoms with Gasteiger partial charge in [0, 0.05) is 6.04 Å². The lowest BCUT2D eigenvalue weighted by molar-refractivity contribution is -0.127. The monoisotopic (exact) mass is 226 g/mol. The second-order valence-electron chi connectivity index (χ2n) is 6.04. The van der Waals surface area contributed by atoms with Crippen molar-refractivity contribution >= 4 is 5.91 Å². The Morgan fingerprint density at radius 3 is 2.62 bits per heavy atom. The molecule has 0 radical (unpaired) electrons. The van der Waals surface area contributed by atoms with Gasteiger partial charge in [0.25, 0.3) is 0 Å². The minimum Gasteiger partial charge on any atom is -0.368 e. The Hall–Kier alpha value is -0.610. The van der Waals surface area contributed by atoms with Crippen LogP contribution < -0.4 is 11.2 Å². The van der Waals surface area contributed by atoms with E-state index in [1.165, 1.54) is 12.8 Å². The van der Waals surface area contributed by atoms with Gasteiger partial charge in [-0.1, -0.05) is 20.8 Å². The van der Waals surface area contributed by atoms with Crippen molar-refractivity contribution in [3.05, 3.63) is 0 Å². The normalized spacial score (nSPS) is 40.2. The smallest absolute Gasteiger partial charge is 0.245 e. The van der Waals surface area contributed by atoms with Crippen LogP contribution in [0.15, 0.2) is 0 Å². The van der Waals surface area contributed by atoms with Gasteiger partial charge in [-0.05, 0) is 36.0 Å². The second-order valence-corrected chi connectivity index (χ2v) is 6.04. The lowest BCUT2D eigenvalue weighted by Gasteiger charge is -2.39. The van der Waals surface area contributed by atoms with Crippen LogP contribution in [-0.4, -0.2) is 18.6 Å². The van der Waals surface area contributed by atoms with E-state index in [4.69, 9.17) is 10.6 Å². The van der Waals surface area contributed by atoms with Crippen molar-refractivity contribution in [2.45, 2.75) is 46.1 Å². The third-order valence-corrected chi connectivity index (χ3v) is 5.23. The van der Waals surface area contributed by atoms with E-state index < -0.39 is 5.91 Å². The molecule has 3 unspecified atom stereocenters. The van der Waals surface area contributed by atoms with Crippen molar-refractivity contribution < 1.29 is 9.63 Å². The van der Waals surface area contributed by atoms with Crippen LogP contribution in [0, 0.1) is 16.7 Å². The molecule has 16 heavy (non-hydrogen) atoms. The third kappa shape index (κ3) is 1.55. The summed E-state index contributed by atoms with van der Waals surface area (Å²) in [6.07, 6.45) is 3.70. The number of primary amides is 1. The molecule has 0 aromatic carbocycles. The fourth-order valence-corrected chi connectivity index (χ4v) is 3.60. The molecule has 0 heterocycles. The largest absolute Gasteiger partial charge is 0.368 e. The average molecular weight is 226 g/mol. The number of hydrogen-bond donors (Lipinski definition) is 2. The Morgan fingerprint density at radius 1 is 1.50 bits per heavy atom. The molecular weight excluding hydrogens is 204 g/mol. The molecule has 2 aliphatic rings. The molecule has 0 saturated heterocycles. The van der Waals surface area contributed by atoms with Crippen molar-refractivity contribution in [2.75, 3.05) is 6.61 Å². The Morgan fingerprint density at radius 2 is 2.19 bits per heavy atom. The minimum absolute atomic E-state index is 0.0440. The van der Waals surface area contributed by atoms with Gasteiger partial charge in [0.1, 0.15) is 6.61 Å². The van der Waals surface area contributed by atoms with Crippen LogP contribution in [0.4, 0.5) is 0 Å². The van der Waals surface area contributed by atoms with Crippen LogP contribution in [0.5, 0.6) is 0 Å². The van der Waals surface area contributed by atoms with Crippen molar-refractivity contribution in [1.82, 2.24) is 5.48 Å². The first-order valence-electron chi connectivity index (χ1n) is 6.03. The van der Waals surface area contributed by atoms with E-state index in [2.05, 4.69) is 26.3 Å². The maximum Gasteiger partial charge on any atom is 0.245 e. The van der Waals surface area contributed by atoms with Crippen molar-refractivity contribution in [3.8, 4) is 0 Å². The zero-order valence-corrected chi connectivity index (χ0v) is 10.4. The van der Waals surface area contributed by atoms with Gasteiger partial charge in [0.05, 0.1) is 0 Å². The van der Waals surface area contributed by atoms with Gasteiger partial charge in [0.15, 0.2) is 0 Å². The first kappa shape index (κ1) is 11.9. The van der Waals surface area contributed by atoms with Gasteiger partial charge in [-0.3, -0.25) is 9.63 Å². The van der Waals surface area contributed by atoms with Crippen LogP contribution in [0.25, 0.3) is 0 Å². The molecule has 1 amide bonds. The summed E-state index contributed by atoms with van der Waals surface area (Å²) in [5, 5.41) is 0. The van der Waals surface area contributed by atoms with E-state index >= 15 is 0 Å². The quantitative estimate of drug-likeness (QED) is 0.708. The molecule has 0 aliphatic heterocycles. The summed E-state index contributed by atoms with van der Waals surface area (Å²) in [5.41, 5.74) is 8.71. The topological polar surface area (TPSA) is 64.3 Å². The number of nitrogens with two attached hydrogens (primary N) is 1. The number of amides is 1. The molecule has 0 spiro atoms. The first-order valence-corrected chi connectivity index (χ1v) is 6.03. The molecular formula is C12H22N2O2. The van der Waals surface area contributed by atoms with E-state index in [0.717, 1.165) is 12.3 Å². The summed E-state index contributed by atoms with van der Waals surface area (Å²) in [4.78, 5) is 15.8. The molecule has 0 aromatic rings. The highest BCUT2D eigenvalue weighted by molar-refractivity contribution is 5.74. The molecule has 3 atom stereocenters. The van der Waals surface area contributed by atoms with Gasteiger partial charge in [-0.2, -0.15) is 5.48 Å². The summed E-state index contributed by atoms with van der Waals surface area (Å²) in [7, 11) is 0.